The lowest BCUT2D eigenvalue weighted by Crippen LogP contribution is -2.13. The molecule has 5 heteroatoms. The number of nitrogens with zero attached hydrogens (tertiary/aromatic N) is 2. The van der Waals surface area contributed by atoms with E-state index in [0.29, 0.717) is 17.8 Å². The van der Waals surface area contributed by atoms with Crippen LogP contribution >= 0.6 is 0 Å². The van der Waals surface area contributed by atoms with E-state index < -0.39 is 5.91 Å². The molecule has 0 unspecified atom stereocenters. The van der Waals surface area contributed by atoms with Gasteiger partial charge in [0, 0.05) is 33.9 Å². The predicted molar refractivity (Wildman–Crippen MR) is 126 cm³/mol. The minimum atomic E-state index is -0.471. The third-order valence-corrected chi connectivity index (χ3v) is 5.55. The Morgan fingerprint density at radius 1 is 1.06 bits per heavy atom. The Labute approximate surface area is 186 Å². The van der Waals surface area contributed by atoms with Gasteiger partial charge in [-0.05, 0) is 55.3 Å². The summed E-state index contributed by atoms with van der Waals surface area (Å²) in [6, 6.07) is 21.9. The van der Waals surface area contributed by atoms with Crippen molar-refractivity contribution < 1.29 is 9.18 Å². The van der Waals surface area contributed by atoms with Crippen LogP contribution in [0.2, 0.25) is 0 Å². The number of hydrogen-bond acceptors (Lipinski definition) is 2. The molecule has 4 rings (SSSR count). The molecule has 4 nitrogen and oxygen atoms in total. The highest BCUT2D eigenvalue weighted by Crippen LogP contribution is 2.25. The van der Waals surface area contributed by atoms with Crippen molar-refractivity contribution in [3.63, 3.8) is 0 Å². The van der Waals surface area contributed by atoms with Gasteiger partial charge in [-0.15, -0.1) is 0 Å². The molecule has 1 amide bonds. The van der Waals surface area contributed by atoms with Gasteiger partial charge in [0.05, 0.1) is 6.54 Å². The number of hydrogen-bond donors (Lipinski definition) is 1. The fourth-order valence-electron chi connectivity index (χ4n) is 3.65. The number of nitrogens with one attached hydrogen (secondary N) is 1. The van der Waals surface area contributed by atoms with Gasteiger partial charge in [0.15, 0.2) is 0 Å². The van der Waals surface area contributed by atoms with Gasteiger partial charge < -0.3 is 9.88 Å². The molecule has 1 heterocycles. The molecule has 0 fully saturated rings. The predicted octanol–water partition coefficient (Wildman–Crippen LogP) is 5.99. The van der Waals surface area contributed by atoms with E-state index in [9.17, 15) is 14.4 Å². The van der Waals surface area contributed by atoms with Gasteiger partial charge in [0.2, 0.25) is 0 Å². The average molecular weight is 423 g/mol. The highest BCUT2D eigenvalue weighted by molar-refractivity contribution is 6.10. The van der Waals surface area contributed by atoms with E-state index in [-0.39, 0.29) is 11.4 Å². The summed E-state index contributed by atoms with van der Waals surface area (Å²) in [5.41, 5.74) is 5.01. The fraction of sp³-hybridized carbons (Fsp3) is 0.111. The maximum atomic E-state index is 14.2. The van der Waals surface area contributed by atoms with Gasteiger partial charge in [0.1, 0.15) is 17.5 Å². The van der Waals surface area contributed by atoms with Crippen molar-refractivity contribution in [2.45, 2.75) is 20.4 Å². The third-order valence-electron chi connectivity index (χ3n) is 5.55. The molecule has 0 bridgehead atoms. The number of carbonyl (C=O) groups excluding carboxylic acids is 1. The first-order valence-electron chi connectivity index (χ1n) is 10.3. The second-order valence-electron chi connectivity index (χ2n) is 7.74. The lowest BCUT2D eigenvalue weighted by molar-refractivity contribution is -0.112. The van der Waals surface area contributed by atoms with Crippen LogP contribution in [0.15, 0.2) is 78.5 Å². The normalized spacial score (nSPS) is 11.4. The topological polar surface area (TPSA) is 57.8 Å². The lowest BCUT2D eigenvalue weighted by Gasteiger charge is -2.07. The smallest absolute Gasteiger partial charge is 0.266 e. The van der Waals surface area contributed by atoms with Crippen LogP contribution in [0.3, 0.4) is 0 Å². The second kappa shape index (κ2) is 8.91. The molecule has 32 heavy (non-hydrogen) atoms. The van der Waals surface area contributed by atoms with Crippen LogP contribution in [0.1, 0.15) is 22.3 Å². The maximum Gasteiger partial charge on any atom is 0.266 e. The van der Waals surface area contributed by atoms with Crippen LogP contribution in [0.4, 0.5) is 10.1 Å². The molecule has 1 aromatic heterocycles. The average Bonchev–Trinajstić information content (AvgIpc) is 3.13. The van der Waals surface area contributed by atoms with E-state index in [0.717, 1.165) is 27.6 Å². The monoisotopic (exact) mass is 423 g/mol. The fourth-order valence-corrected chi connectivity index (χ4v) is 3.65. The summed E-state index contributed by atoms with van der Waals surface area (Å²) in [6.45, 7) is 4.31. The quantitative estimate of drug-likeness (QED) is 0.317. The number of rotatable bonds is 5. The molecular formula is C27H22FN3O. The number of aromatic nitrogens is 1. The second-order valence-corrected chi connectivity index (χ2v) is 7.74. The summed E-state index contributed by atoms with van der Waals surface area (Å²) in [5, 5.41) is 13.3. The van der Waals surface area contributed by atoms with Crippen molar-refractivity contribution in [3.05, 3.63) is 107 Å². The SMILES string of the molecule is Cc1ccc(NC(=O)/C(C#N)=C/c2cn(Cc3ccccc3F)c3ccccc23)cc1C. The number of halogens is 1. The zero-order valence-electron chi connectivity index (χ0n) is 17.9. The van der Waals surface area contributed by atoms with E-state index in [1.54, 1.807) is 24.3 Å². The van der Waals surface area contributed by atoms with Gasteiger partial charge >= 0.3 is 0 Å². The van der Waals surface area contributed by atoms with Crippen molar-refractivity contribution in [1.82, 2.24) is 4.57 Å². The molecule has 0 aliphatic heterocycles. The molecule has 0 radical (unpaired) electrons. The summed E-state index contributed by atoms with van der Waals surface area (Å²) in [7, 11) is 0. The molecule has 0 saturated carbocycles. The summed E-state index contributed by atoms with van der Waals surface area (Å²) >= 11 is 0. The van der Waals surface area contributed by atoms with Crippen molar-refractivity contribution in [2.24, 2.45) is 0 Å². The largest absolute Gasteiger partial charge is 0.342 e. The Bertz CT molecular complexity index is 1390. The number of fused-ring (bicyclic) bond motifs is 1. The zero-order chi connectivity index (χ0) is 22.7. The molecule has 3 aromatic carbocycles. The first kappa shape index (κ1) is 21.1. The Hall–Kier alpha value is -4.17. The zero-order valence-corrected chi connectivity index (χ0v) is 17.9. The Balaban J connectivity index is 1.68. The van der Waals surface area contributed by atoms with E-state index >= 15 is 0 Å². The third kappa shape index (κ3) is 4.30. The molecule has 158 valence electrons. The number of para-hydroxylation sites is 1. The van der Waals surface area contributed by atoms with Crippen LogP contribution < -0.4 is 5.32 Å². The van der Waals surface area contributed by atoms with Gasteiger partial charge in [-0.25, -0.2) is 4.39 Å². The van der Waals surface area contributed by atoms with E-state index in [1.807, 2.05) is 73.1 Å². The summed E-state index contributed by atoms with van der Waals surface area (Å²) in [4.78, 5) is 12.8. The summed E-state index contributed by atoms with van der Waals surface area (Å²) < 4.78 is 16.1. The molecule has 0 spiro atoms. The summed E-state index contributed by atoms with van der Waals surface area (Å²) in [5.74, 6) is -0.741. The Morgan fingerprint density at radius 2 is 1.81 bits per heavy atom. The van der Waals surface area contributed by atoms with Crippen LogP contribution in [0.25, 0.3) is 17.0 Å². The molecule has 0 atom stereocenters. The van der Waals surface area contributed by atoms with E-state index in [1.165, 1.54) is 6.07 Å². The van der Waals surface area contributed by atoms with Gasteiger partial charge in [-0.1, -0.05) is 42.5 Å². The number of aryl methyl sites for hydroxylation is 2. The summed E-state index contributed by atoms with van der Waals surface area (Å²) in [6.07, 6.45) is 3.42. The Kier molecular flexibility index (Phi) is 5.87. The molecule has 0 aliphatic rings. The first-order chi connectivity index (χ1) is 15.5. The number of nitriles is 1. The van der Waals surface area contributed by atoms with Crippen molar-refractivity contribution in [2.75, 3.05) is 5.32 Å². The van der Waals surface area contributed by atoms with Gasteiger partial charge in [-0.2, -0.15) is 5.26 Å². The maximum absolute atomic E-state index is 14.2. The molecule has 0 aliphatic carbocycles. The standard InChI is InChI=1S/C27H22FN3O/c1-18-11-12-23(13-19(18)2)30-27(32)21(15-29)14-22-17-31(26-10-6-4-8-24(22)26)16-20-7-3-5-9-25(20)28/h3-14,17H,16H2,1-2H3,(H,30,32)/b21-14+. The van der Waals surface area contributed by atoms with Gasteiger partial charge in [-0.3, -0.25) is 4.79 Å². The number of benzene rings is 3. The number of anilines is 1. The minimum absolute atomic E-state index is 0.00276. The lowest BCUT2D eigenvalue weighted by atomic mass is 10.1. The molecule has 4 aromatic rings. The highest BCUT2D eigenvalue weighted by atomic mass is 19.1. The van der Waals surface area contributed by atoms with Crippen molar-refractivity contribution in [1.29, 1.82) is 5.26 Å². The molecule has 0 saturated heterocycles. The van der Waals surface area contributed by atoms with Gasteiger partial charge in [0.25, 0.3) is 5.91 Å². The van der Waals surface area contributed by atoms with Crippen molar-refractivity contribution >= 4 is 28.6 Å². The van der Waals surface area contributed by atoms with Crippen LogP contribution in [-0.4, -0.2) is 10.5 Å². The van der Waals surface area contributed by atoms with Crippen LogP contribution in [0.5, 0.6) is 0 Å². The number of amides is 1. The van der Waals surface area contributed by atoms with Crippen LogP contribution in [-0.2, 0) is 11.3 Å². The highest BCUT2D eigenvalue weighted by Gasteiger charge is 2.14. The first-order valence-corrected chi connectivity index (χ1v) is 10.3. The van der Waals surface area contributed by atoms with Crippen molar-refractivity contribution in [3.8, 4) is 6.07 Å². The minimum Gasteiger partial charge on any atom is -0.342 e. The van der Waals surface area contributed by atoms with Crippen LogP contribution in [0, 0.1) is 31.0 Å². The van der Waals surface area contributed by atoms with E-state index in [2.05, 4.69) is 5.32 Å². The molecular weight excluding hydrogens is 401 g/mol. The number of carbonyl (C=O) groups is 1. The Morgan fingerprint density at radius 3 is 2.56 bits per heavy atom. The van der Waals surface area contributed by atoms with E-state index in [4.69, 9.17) is 0 Å². The molecule has 1 N–H and O–H groups in total.